The minimum absolute atomic E-state index is 0.0353. The van der Waals surface area contributed by atoms with E-state index in [1.54, 1.807) is 0 Å². The first-order valence-corrected chi connectivity index (χ1v) is 12.8. The van der Waals surface area contributed by atoms with Gasteiger partial charge in [0.05, 0.1) is 11.5 Å². The van der Waals surface area contributed by atoms with E-state index in [4.69, 9.17) is 9.26 Å². The van der Waals surface area contributed by atoms with Crippen molar-refractivity contribution in [3.63, 3.8) is 0 Å². The van der Waals surface area contributed by atoms with Gasteiger partial charge in [-0.05, 0) is 61.6 Å². The first kappa shape index (κ1) is 22.0. The number of sulfone groups is 1. The van der Waals surface area contributed by atoms with Crippen LogP contribution in [0.25, 0.3) is 0 Å². The number of halogens is 1. The Bertz CT molecular complexity index is 1020. The lowest BCUT2D eigenvalue weighted by atomic mass is 9.90. The number of ether oxygens (including phenoxy) is 1. The maximum absolute atomic E-state index is 14.1. The van der Waals surface area contributed by atoms with Gasteiger partial charge in [-0.15, -0.1) is 0 Å². The summed E-state index contributed by atoms with van der Waals surface area (Å²) in [5.74, 6) is 2.50. The summed E-state index contributed by atoms with van der Waals surface area (Å²) >= 11 is 0. The average molecular weight is 452 g/mol. The zero-order chi connectivity index (χ0) is 22.2. The van der Waals surface area contributed by atoms with E-state index in [-0.39, 0.29) is 16.6 Å². The molecule has 170 valence electrons. The van der Waals surface area contributed by atoms with Crippen molar-refractivity contribution in [2.45, 2.75) is 50.3 Å². The Hall–Kier alpha value is -2.16. The summed E-state index contributed by atoms with van der Waals surface area (Å²) in [6.45, 7) is 6.41. The highest BCUT2D eigenvalue weighted by atomic mass is 32.2. The molecule has 0 amide bonds. The monoisotopic (exact) mass is 451 g/mol. The van der Waals surface area contributed by atoms with Crippen LogP contribution in [-0.4, -0.2) is 44.5 Å². The zero-order valence-electron chi connectivity index (χ0n) is 18.3. The Balaban J connectivity index is 1.20. The maximum atomic E-state index is 14.1. The molecular weight excluding hydrogens is 421 g/mol. The van der Waals surface area contributed by atoms with Crippen LogP contribution in [0.4, 0.5) is 10.4 Å². The molecule has 0 spiro atoms. The number of benzene rings is 1. The predicted molar refractivity (Wildman–Crippen MR) is 115 cm³/mol. The molecule has 1 aliphatic heterocycles. The molecule has 2 heterocycles. The van der Waals surface area contributed by atoms with Gasteiger partial charge >= 0.3 is 6.01 Å². The van der Waals surface area contributed by atoms with Crippen LogP contribution in [0.2, 0.25) is 0 Å². The normalized spacial score (nSPS) is 22.2. The van der Waals surface area contributed by atoms with Crippen molar-refractivity contribution in [3.05, 3.63) is 29.8 Å². The van der Waals surface area contributed by atoms with Crippen LogP contribution in [0, 0.1) is 23.6 Å². The lowest BCUT2D eigenvalue weighted by Gasteiger charge is -2.30. The van der Waals surface area contributed by atoms with Gasteiger partial charge in [0.15, 0.2) is 27.2 Å². The second-order valence-electron chi connectivity index (χ2n) is 9.08. The Morgan fingerprint density at radius 2 is 2.03 bits per heavy atom. The van der Waals surface area contributed by atoms with Gasteiger partial charge < -0.3 is 14.2 Å². The van der Waals surface area contributed by atoms with Crippen LogP contribution in [0.15, 0.2) is 27.6 Å². The summed E-state index contributed by atoms with van der Waals surface area (Å²) in [4.78, 5) is 6.64. The molecule has 2 aliphatic rings. The van der Waals surface area contributed by atoms with Gasteiger partial charge in [-0.3, -0.25) is 0 Å². The maximum Gasteiger partial charge on any atom is 0.324 e. The Morgan fingerprint density at radius 1 is 1.29 bits per heavy atom. The van der Waals surface area contributed by atoms with Crippen molar-refractivity contribution in [3.8, 4) is 5.75 Å². The summed E-state index contributed by atoms with van der Waals surface area (Å²) in [5, 5.41) is 4.05. The van der Waals surface area contributed by atoms with Crippen molar-refractivity contribution < 1.29 is 22.1 Å². The van der Waals surface area contributed by atoms with Crippen LogP contribution >= 0.6 is 0 Å². The summed E-state index contributed by atoms with van der Waals surface area (Å²) in [5.41, 5.74) is 0. The molecule has 0 bridgehead atoms. The number of aromatic nitrogens is 2. The molecule has 0 unspecified atom stereocenters. The van der Waals surface area contributed by atoms with Crippen molar-refractivity contribution in [2.24, 2.45) is 17.8 Å². The molecule has 9 heteroatoms. The topological polar surface area (TPSA) is 85.5 Å². The fourth-order valence-electron chi connectivity index (χ4n) is 4.44. The first-order chi connectivity index (χ1) is 14.7. The van der Waals surface area contributed by atoms with Gasteiger partial charge in [0, 0.05) is 25.3 Å². The largest absolute Gasteiger partial charge is 0.491 e. The number of rotatable bonds is 8. The highest BCUT2D eigenvalue weighted by Gasteiger charge is 2.43. The van der Waals surface area contributed by atoms with E-state index < -0.39 is 15.7 Å². The lowest BCUT2D eigenvalue weighted by molar-refractivity contribution is 0.272. The molecule has 7 nitrogen and oxygen atoms in total. The second kappa shape index (κ2) is 8.76. The smallest absolute Gasteiger partial charge is 0.324 e. The third kappa shape index (κ3) is 5.19. The highest BCUT2D eigenvalue weighted by Crippen LogP contribution is 2.50. The molecule has 1 saturated carbocycles. The van der Waals surface area contributed by atoms with Crippen LogP contribution in [-0.2, 0) is 9.84 Å². The van der Waals surface area contributed by atoms with Crippen molar-refractivity contribution in [1.29, 1.82) is 0 Å². The van der Waals surface area contributed by atoms with E-state index in [0.29, 0.717) is 30.4 Å². The fraction of sp³-hybridized carbons (Fsp3) is 0.636. The molecule has 2 aromatic rings. The quantitative estimate of drug-likeness (QED) is 0.598. The van der Waals surface area contributed by atoms with E-state index in [1.165, 1.54) is 18.6 Å². The lowest BCUT2D eigenvalue weighted by Crippen LogP contribution is -2.34. The number of hydrogen-bond acceptors (Lipinski definition) is 7. The van der Waals surface area contributed by atoms with Gasteiger partial charge in [0.1, 0.15) is 0 Å². The van der Waals surface area contributed by atoms with E-state index in [1.807, 2.05) is 0 Å². The molecule has 1 aromatic carbocycles. The summed E-state index contributed by atoms with van der Waals surface area (Å²) in [7, 11) is -3.42. The summed E-state index contributed by atoms with van der Waals surface area (Å²) in [6.07, 6.45) is 5.37. The molecule has 31 heavy (non-hydrogen) atoms. The van der Waals surface area contributed by atoms with Crippen LogP contribution in [0.1, 0.15) is 51.3 Å². The van der Waals surface area contributed by atoms with E-state index in [0.717, 1.165) is 50.5 Å². The van der Waals surface area contributed by atoms with Gasteiger partial charge in [-0.25, -0.2) is 12.8 Å². The van der Waals surface area contributed by atoms with Crippen LogP contribution < -0.4 is 9.64 Å². The third-order valence-corrected chi connectivity index (χ3v) is 7.53. The van der Waals surface area contributed by atoms with Crippen molar-refractivity contribution >= 4 is 15.9 Å². The standard InChI is InChI=1S/C22H30FN3O4S/c1-14(2)21-24-22(30-25-21)26-9-6-15(7-10-26)18-12-16(18)8-11-29-20-5-4-17(13-19(20)23)31(3,27)28/h4-5,13-16,18H,6-12H2,1-3H3/t16-,18-/m1/s1. The van der Waals surface area contributed by atoms with E-state index >= 15 is 0 Å². The number of anilines is 1. The van der Waals surface area contributed by atoms with Crippen LogP contribution in [0.5, 0.6) is 5.75 Å². The fourth-order valence-corrected chi connectivity index (χ4v) is 5.07. The molecule has 1 saturated heterocycles. The van der Waals surface area contributed by atoms with Crippen molar-refractivity contribution in [2.75, 3.05) is 30.9 Å². The Kier molecular flexibility index (Phi) is 6.23. The number of nitrogens with zero attached hydrogens (tertiary/aromatic N) is 3. The first-order valence-electron chi connectivity index (χ1n) is 10.9. The molecule has 2 atom stereocenters. The Labute approximate surface area is 182 Å². The molecule has 1 aromatic heterocycles. The number of hydrogen-bond donors (Lipinski definition) is 0. The molecule has 0 radical (unpaired) electrons. The molecule has 2 fully saturated rings. The van der Waals surface area contributed by atoms with E-state index in [9.17, 15) is 12.8 Å². The minimum Gasteiger partial charge on any atom is -0.491 e. The predicted octanol–water partition coefficient (Wildman–Crippen LogP) is 4.06. The second-order valence-corrected chi connectivity index (χ2v) is 11.1. The SMILES string of the molecule is CC(C)c1noc(N2CCC([C@H]3C[C@H]3CCOc3ccc(S(C)(=O)=O)cc3F)CC2)n1. The van der Waals surface area contributed by atoms with Gasteiger partial charge in [-0.1, -0.05) is 19.0 Å². The third-order valence-electron chi connectivity index (χ3n) is 6.42. The van der Waals surface area contributed by atoms with Gasteiger partial charge in [0.25, 0.3) is 0 Å². The molecule has 4 rings (SSSR count). The molecule has 1 aliphatic carbocycles. The summed E-state index contributed by atoms with van der Waals surface area (Å²) < 4.78 is 48.1. The van der Waals surface area contributed by atoms with Crippen molar-refractivity contribution in [1.82, 2.24) is 10.1 Å². The van der Waals surface area contributed by atoms with Gasteiger partial charge in [0.2, 0.25) is 0 Å². The van der Waals surface area contributed by atoms with Crippen LogP contribution in [0.3, 0.4) is 0 Å². The molecule has 0 N–H and O–H groups in total. The highest BCUT2D eigenvalue weighted by molar-refractivity contribution is 7.90. The summed E-state index contributed by atoms with van der Waals surface area (Å²) in [6, 6.07) is 4.43. The molecular formula is C22H30FN3O4S. The van der Waals surface area contributed by atoms with Gasteiger partial charge in [-0.2, -0.15) is 4.98 Å². The Morgan fingerprint density at radius 3 is 2.65 bits per heavy atom. The van der Waals surface area contributed by atoms with E-state index in [2.05, 4.69) is 28.9 Å². The number of piperidine rings is 1. The average Bonchev–Trinajstić information content (AvgIpc) is 3.31. The zero-order valence-corrected chi connectivity index (χ0v) is 19.1. The minimum atomic E-state index is -3.42.